The van der Waals surface area contributed by atoms with Gasteiger partial charge >= 0.3 is 0 Å². The van der Waals surface area contributed by atoms with Crippen LogP contribution in [0.2, 0.25) is 0 Å². The Kier molecular flexibility index (Phi) is 4.37. The second kappa shape index (κ2) is 5.36. The molecule has 0 radical (unpaired) electrons. The van der Waals surface area contributed by atoms with E-state index in [9.17, 15) is 0 Å². The van der Waals surface area contributed by atoms with E-state index in [0.29, 0.717) is 6.04 Å². The highest BCUT2D eigenvalue weighted by Gasteiger charge is 2.12. The molecule has 12 heavy (non-hydrogen) atoms. The van der Waals surface area contributed by atoms with Crippen molar-refractivity contribution < 1.29 is 0 Å². The van der Waals surface area contributed by atoms with Crippen LogP contribution in [0.25, 0.3) is 0 Å². The van der Waals surface area contributed by atoms with Gasteiger partial charge in [0.2, 0.25) is 0 Å². The predicted molar refractivity (Wildman–Crippen MR) is 54.2 cm³/mol. The maximum Gasteiger partial charge on any atom is 0.0219 e. The van der Waals surface area contributed by atoms with Gasteiger partial charge in [-0.3, -0.25) is 0 Å². The van der Waals surface area contributed by atoms with Gasteiger partial charge in [0, 0.05) is 6.04 Å². The highest BCUT2D eigenvalue weighted by Crippen LogP contribution is 2.22. The fourth-order valence-electron chi connectivity index (χ4n) is 1.83. The first-order chi connectivity index (χ1) is 5.83. The molecular weight excluding hydrogens is 146 g/mol. The summed E-state index contributed by atoms with van der Waals surface area (Å²) in [5, 5.41) is 3.48. The lowest BCUT2D eigenvalue weighted by Gasteiger charge is -2.23. The second-order valence-corrected chi connectivity index (χ2v) is 3.94. The fraction of sp³-hybridized carbons (Fsp3) is 0.818. The van der Waals surface area contributed by atoms with Crippen LogP contribution in [0.15, 0.2) is 12.7 Å². The van der Waals surface area contributed by atoms with Crippen LogP contribution in [0, 0.1) is 5.92 Å². The Hall–Kier alpha value is -0.300. The lowest BCUT2D eigenvalue weighted by atomic mass is 9.89. The molecule has 1 aliphatic carbocycles. The van der Waals surface area contributed by atoms with E-state index in [1.54, 1.807) is 0 Å². The van der Waals surface area contributed by atoms with Crippen LogP contribution < -0.4 is 5.32 Å². The van der Waals surface area contributed by atoms with Gasteiger partial charge in [0.25, 0.3) is 0 Å². The molecule has 0 heterocycles. The highest BCUT2D eigenvalue weighted by atomic mass is 14.9. The van der Waals surface area contributed by atoms with Crippen molar-refractivity contribution in [1.82, 2.24) is 5.32 Å². The van der Waals surface area contributed by atoms with Crippen LogP contribution in [0.1, 0.15) is 39.0 Å². The molecule has 1 heteroatoms. The minimum absolute atomic E-state index is 0.479. The molecule has 0 amide bonds. The van der Waals surface area contributed by atoms with Gasteiger partial charge in [0.1, 0.15) is 0 Å². The lowest BCUT2D eigenvalue weighted by Crippen LogP contribution is -2.30. The van der Waals surface area contributed by atoms with E-state index in [1.807, 2.05) is 6.08 Å². The molecule has 0 bridgehead atoms. The normalized spacial score (nSPS) is 22.1. The third kappa shape index (κ3) is 3.40. The number of hydrogen-bond acceptors (Lipinski definition) is 1. The molecule has 1 unspecified atom stereocenters. The lowest BCUT2D eigenvalue weighted by molar-refractivity contribution is 0.338. The van der Waals surface area contributed by atoms with Gasteiger partial charge in [-0.1, -0.05) is 25.3 Å². The summed E-state index contributed by atoms with van der Waals surface area (Å²) in [6.45, 7) is 7.11. The first-order valence-corrected chi connectivity index (χ1v) is 5.19. The van der Waals surface area contributed by atoms with Crippen molar-refractivity contribution in [3.8, 4) is 0 Å². The number of nitrogens with one attached hydrogen (secondary N) is 1. The Bertz CT molecular complexity index is 125. The van der Waals surface area contributed by atoms with E-state index in [2.05, 4.69) is 18.8 Å². The van der Waals surface area contributed by atoms with E-state index in [0.717, 1.165) is 5.92 Å². The van der Waals surface area contributed by atoms with Gasteiger partial charge in [-0.25, -0.2) is 0 Å². The summed E-state index contributed by atoms with van der Waals surface area (Å²) in [6, 6.07) is 0.479. The molecule has 0 aromatic rings. The Morgan fingerprint density at radius 3 is 2.67 bits per heavy atom. The van der Waals surface area contributed by atoms with Crippen LogP contribution in [0.5, 0.6) is 0 Å². The maximum absolute atomic E-state index is 3.76. The fourth-order valence-corrected chi connectivity index (χ4v) is 1.83. The molecule has 1 saturated carbocycles. The molecule has 0 saturated heterocycles. The summed E-state index contributed by atoms with van der Waals surface area (Å²) in [6.07, 6.45) is 9.16. The zero-order valence-electron chi connectivity index (χ0n) is 8.18. The third-order valence-electron chi connectivity index (χ3n) is 2.81. The molecule has 1 nitrogen and oxygen atoms in total. The second-order valence-electron chi connectivity index (χ2n) is 3.94. The van der Waals surface area contributed by atoms with Crippen molar-refractivity contribution >= 4 is 0 Å². The summed E-state index contributed by atoms with van der Waals surface area (Å²) < 4.78 is 0. The van der Waals surface area contributed by atoms with Crippen LogP contribution in [-0.4, -0.2) is 12.6 Å². The molecule has 1 N–H and O–H groups in total. The van der Waals surface area contributed by atoms with Crippen LogP contribution >= 0.6 is 0 Å². The van der Waals surface area contributed by atoms with E-state index >= 15 is 0 Å². The first kappa shape index (κ1) is 9.79. The van der Waals surface area contributed by atoms with E-state index in [1.165, 1.54) is 38.6 Å². The monoisotopic (exact) mass is 167 g/mol. The SMILES string of the molecule is C=CC(C)NCC1CCCCC1. The van der Waals surface area contributed by atoms with Gasteiger partial charge in [0.05, 0.1) is 0 Å². The van der Waals surface area contributed by atoms with Gasteiger partial charge in [-0.15, -0.1) is 6.58 Å². The first-order valence-electron chi connectivity index (χ1n) is 5.19. The van der Waals surface area contributed by atoms with Crippen LogP contribution in [-0.2, 0) is 0 Å². The number of hydrogen-bond donors (Lipinski definition) is 1. The van der Waals surface area contributed by atoms with Crippen LogP contribution in [0.4, 0.5) is 0 Å². The topological polar surface area (TPSA) is 12.0 Å². The Balaban J connectivity index is 2.08. The molecule has 0 spiro atoms. The quantitative estimate of drug-likeness (QED) is 0.635. The number of rotatable bonds is 4. The van der Waals surface area contributed by atoms with Crippen molar-refractivity contribution in [2.75, 3.05) is 6.54 Å². The van der Waals surface area contributed by atoms with Gasteiger partial charge in [0.15, 0.2) is 0 Å². The standard InChI is InChI=1S/C11H21N/c1-3-10(2)12-9-11-7-5-4-6-8-11/h3,10-12H,1,4-9H2,2H3. The largest absolute Gasteiger partial charge is 0.311 e. The summed E-state index contributed by atoms with van der Waals surface area (Å²) in [5.41, 5.74) is 0. The Labute approximate surface area is 76.2 Å². The van der Waals surface area contributed by atoms with Crippen molar-refractivity contribution in [3.05, 3.63) is 12.7 Å². The van der Waals surface area contributed by atoms with Gasteiger partial charge < -0.3 is 5.32 Å². The molecule has 1 rings (SSSR count). The molecule has 1 aliphatic rings. The van der Waals surface area contributed by atoms with E-state index < -0.39 is 0 Å². The average Bonchev–Trinajstić information content (AvgIpc) is 2.16. The van der Waals surface area contributed by atoms with Crippen molar-refractivity contribution in [1.29, 1.82) is 0 Å². The molecule has 0 aromatic heterocycles. The molecule has 70 valence electrons. The van der Waals surface area contributed by atoms with Crippen molar-refractivity contribution in [2.45, 2.75) is 45.1 Å². The predicted octanol–water partition coefficient (Wildman–Crippen LogP) is 2.73. The molecular formula is C11H21N. The van der Waals surface area contributed by atoms with Gasteiger partial charge in [-0.05, 0) is 32.2 Å². The van der Waals surface area contributed by atoms with Crippen molar-refractivity contribution in [2.24, 2.45) is 5.92 Å². The highest BCUT2D eigenvalue weighted by molar-refractivity contribution is 4.82. The maximum atomic E-state index is 3.76. The summed E-state index contributed by atoms with van der Waals surface area (Å²) in [4.78, 5) is 0. The smallest absolute Gasteiger partial charge is 0.0219 e. The molecule has 1 atom stereocenters. The molecule has 1 fully saturated rings. The van der Waals surface area contributed by atoms with E-state index in [4.69, 9.17) is 0 Å². The average molecular weight is 167 g/mol. The molecule has 0 aromatic carbocycles. The Morgan fingerprint density at radius 1 is 1.42 bits per heavy atom. The third-order valence-corrected chi connectivity index (χ3v) is 2.81. The summed E-state index contributed by atoms with van der Waals surface area (Å²) in [7, 11) is 0. The summed E-state index contributed by atoms with van der Waals surface area (Å²) in [5.74, 6) is 0.932. The van der Waals surface area contributed by atoms with E-state index in [-0.39, 0.29) is 0 Å². The zero-order valence-corrected chi connectivity index (χ0v) is 8.18. The minimum atomic E-state index is 0.479. The molecule has 0 aliphatic heterocycles. The van der Waals surface area contributed by atoms with Crippen LogP contribution in [0.3, 0.4) is 0 Å². The van der Waals surface area contributed by atoms with Gasteiger partial charge in [-0.2, -0.15) is 0 Å². The summed E-state index contributed by atoms with van der Waals surface area (Å²) >= 11 is 0. The van der Waals surface area contributed by atoms with Crippen molar-refractivity contribution in [3.63, 3.8) is 0 Å². The zero-order chi connectivity index (χ0) is 8.81. The minimum Gasteiger partial charge on any atom is -0.311 e. The Morgan fingerprint density at radius 2 is 2.08 bits per heavy atom.